The zero-order valence-corrected chi connectivity index (χ0v) is 11.4. The number of rotatable bonds is 2. The third-order valence-corrected chi connectivity index (χ3v) is 3.55. The maximum Gasteiger partial charge on any atom is 0.263 e. The zero-order valence-electron chi connectivity index (χ0n) is 10.6. The highest BCUT2D eigenvalue weighted by molar-refractivity contribution is 7.99. The maximum atomic E-state index is 9.09. The molecule has 0 saturated carbocycles. The second-order valence-electron chi connectivity index (χ2n) is 4.23. The fourth-order valence-electron chi connectivity index (χ4n) is 1.74. The van der Waals surface area contributed by atoms with Crippen molar-refractivity contribution >= 4 is 28.5 Å². The van der Waals surface area contributed by atoms with Crippen molar-refractivity contribution in [3.8, 4) is 6.07 Å². The summed E-state index contributed by atoms with van der Waals surface area (Å²) in [5, 5.41) is 10.1. The lowest BCUT2D eigenvalue weighted by Crippen LogP contribution is -1.89. The summed E-state index contributed by atoms with van der Waals surface area (Å²) in [6, 6.07) is 10.9. The molecule has 3 aromatic rings. The summed E-state index contributed by atoms with van der Waals surface area (Å²) in [5.41, 5.74) is 9.02. The van der Waals surface area contributed by atoms with E-state index in [4.69, 9.17) is 15.4 Å². The summed E-state index contributed by atoms with van der Waals surface area (Å²) < 4.78 is 5.61. The number of aromatic nitrogens is 2. The number of pyridine rings is 1. The second kappa shape index (κ2) is 4.87. The van der Waals surface area contributed by atoms with E-state index in [1.807, 2.05) is 6.92 Å². The summed E-state index contributed by atoms with van der Waals surface area (Å²) >= 11 is 1.23. The van der Waals surface area contributed by atoms with Crippen molar-refractivity contribution in [1.29, 1.82) is 5.26 Å². The van der Waals surface area contributed by atoms with Crippen LogP contribution in [0.1, 0.15) is 11.3 Å². The number of aryl methyl sites for hydroxylation is 1. The molecule has 2 N–H and O–H groups in total. The Morgan fingerprint density at radius 2 is 2.10 bits per heavy atom. The molecule has 0 fully saturated rings. The van der Waals surface area contributed by atoms with Gasteiger partial charge in [0, 0.05) is 17.4 Å². The highest BCUT2D eigenvalue weighted by atomic mass is 32.2. The van der Waals surface area contributed by atoms with E-state index in [-0.39, 0.29) is 0 Å². The van der Waals surface area contributed by atoms with Crippen LogP contribution in [0.2, 0.25) is 0 Å². The minimum atomic E-state index is 0.445. The summed E-state index contributed by atoms with van der Waals surface area (Å²) in [6.07, 6.45) is 0. The van der Waals surface area contributed by atoms with Gasteiger partial charge in [0.2, 0.25) is 0 Å². The van der Waals surface area contributed by atoms with E-state index in [2.05, 4.69) is 16.0 Å². The fourth-order valence-corrected chi connectivity index (χ4v) is 2.60. The van der Waals surface area contributed by atoms with E-state index in [1.165, 1.54) is 11.8 Å². The molecule has 0 aliphatic rings. The van der Waals surface area contributed by atoms with Crippen LogP contribution in [0.4, 0.5) is 5.69 Å². The summed E-state index contributed by atoms with van der Waals surface area (Å²) in [6.45, 7) is 1.87. The van der Waals surface area contributed by atoms with Gasteiger partial charge >= 0.3 is 0 Å². The smallest absolute Gasteiger partial charge is 0.263 e. The molecular formula is C14H10N4OS. The number of anilines is 1. The van der Waals surface area contributed by atoms with E-state index in [9.17, 15) is 0 Å². The Balaban J connectivity index is 2.01. The first-order chi connectivity index (χ1) is 9.65. The minimum absolute atomic E-state index is 0.445. The van der Waals surface area contributed by atoms with Gasteiger partial charge in [0.15, 0.2) is 5.58 Å². The summed E-state index contributed by atoms with van der Waals surface area (Å²) in [4.78, 5) is 8.69. The van der Waals surface area contributed by atoms with Crippen molar-refractivity contribution in [1.82, 2.24) is 9.97 Å². The molecule has 5 nitrogen and oxygen atoms in total. The SMILES string of the molecule is Cc1ccc(C#N)c(Sc2nc3ccc(N)cc3o2)n1. The van der Waals surface area contributed by atoms with Gasteiger partial charge in [-0.1, -0.05) is 0 Å². The normalized spacial score (nSPS) is 10.6. The van der Waals surface area contributed by atoms with Gasteiger partial charge in [-0.25, -0.2) is 9.97 Å². The summed E-state index contributed by atoms with van der Waals surface area (Å²) in [7, 11) is 0. The van der Waals surface area contributed by atoms with Crippen LogP contribution >= 0.6 is 11.8 Å². The Morgan fingerprint density at radius 1 is 1.25 bits per heavy atom. The number of nitrogen functional groups attached to an aromatic ring is 1. The highest BCUT2D eigenvalue weighted by Crippen LogP contribution is 2.31. The molecule has 1 aromatic carbocycles. The summed E-state index contributed by atoms with van der Waals surface area (Å²) in [5.74, 6) is 0. The molecule has 0 amide bonds. The number of nitriles is 1. The lowest BCUT2D eigenvalue weighted by molar-refractivity contribution is 0.489. The van der Waals surface area contributed by atoms with Gasteiger partial charge in [0.05, 0.1) is 5.56 Å². The molecule has 0 saturated heterocycles. The van der Waals surface area contributed by atoms with Crippen molar-refractivity contribution in [2.75, 3.05) is 5.73 Å². The minimum Gasteiger partial charge on any atom is -0.431 e. The van der Waals surface area contributed by atoms with Crippen LogP contribution in [0.15, 0.2) is 45.0 Å². The number of nitrogens with two attached hydrogens (primary N) is 1. The van der Waals surface area contributed by atoms with Gasteiger partial charge in [-0.3, -0.25) is 0 Å². The maximum absolute atomic E-state index is 9.09. The van der Waals surface area contributed by atoms with Gasteiger partial charge in [0.25, 0.3) is 5.22 Å². The lowest BCUT2D eigenvalue weighted by atomic mass is 10.3. The van der Waals surface area contributed by atoms with E-state index in [0.717, 1.165) is 11.2 Å². The van der Waals surface area contributed by atoms with E-state index < -0.39 is 0 Å². The Kier molecular flexibility index (Phi) is 3.05. The quantitative estimate of drug-likeness (QED) is 0.726. The predicted molar refractivity (Wildman–Crippen MR) is 76.2 cm³/mol. The molecule has 0 unspecified atom stereocenters. The van der Waals surface area contributed by atoms with Crippen molar-refractivity contribution in [3.05, 3.63) is 41.6 Å². The number of nitrogens with zero attached hydrogens (tertiary/aromatic N) is 3. The van der Waals surface area contributed by atoms with E-state index in [1.54, 1.807) is 30.3 Å². The largest absolute Gasteiger partial charge is 0.431 e. The molecule has 0 atom stereocenters. The molecule has 0 aliphatic carbocycles. The second-order valence-corrected chi connectivity index (χ2v) is 5.17. The van der Waals surface area contributed by atoms with Crippen LogP contribution in [-0.4, -0.2) is 9.97 Å². The van der Waals surface area contributed by atoms with Crippen LogP contribution in [0.3, 0.4) is 0 Å². The standard InChI is InChI=1S/C14H10N4OS/c1-8-2-3-9(7-15)13(17-8)20-14-18-11-5-4-10(16)6-12(11)19-14/h2-6H,16H2,1H3. The fraction of sp³-hybridized carbons (Fsp3) is 0.0714. The monoisotopic (exact) mass is 282 g/mol. The van der Waals surface area contributed by atoms with Crippen LogP contribution in [0.25, 0.3) is 11.1 Å². The molecule has 2 aromatic heterocycles. The average Bonchev–Trinajstić information content (AvgIpc) is 2.80. The molecule has 98 valence electrons. The van der Waals surface area contributed by atoms with Crippen molar-refractivity contribution < 1.29 is 4.42 Å². The first-order valence-corrected chi connectivity index (χ1v) is 6.69. The molecular weight excluding hydrogens is 272 g/mol. The highest BCUT2D eigenvalue weighted by Gasteiger charge is 2.12. The van der Waals surface area contributed by atoms with Crippen molar-refractivity contribution in [2.45, 2.75) is 17.2 Å². The Hall–Kier alpha value is -2.52. The molecule has 0 bridgehead atoms. The number of hydrogen-bond donors (Lipinski definition) is 1. The van der Waals surface area contributed by atoms with E-state index >= 15 is 0 Å². The molecule has 20 heavy (non-hydrogen) atoms. The molecule has 3 rings (SSSR count). The predicted octanol–water partition coefficient (Wildman–Crippen LogP) is 3.14. The lowest BCUT2D eigenvalue weighted by Gasteiger charge is -2.00. The van der Waals surface area contributed by atoms with Gasteiger partial charge in [-0.05, 0) is 43.0 Å². The molecule has 2 heterocycles. The molecule has 0 aliphatic heterocycles. The third-order valence-electron chi connectivity index (χ3n) is 2.70. The van der Waals surface area contributed by atoms with Crippen molar-refractivity contribution in [3.63, 3.8) is 0 Å². The first kappa shape index (κ1) is 12.5. The van der Waals surface area contributed by atoms with Crippen LogP contribution in [0, 0.1) is 18.3 Å². The molecule has 0 spiro atoms. The topological polar surface area (TPSA) is 88.7 Å². The van der Waals surface area contributed by atoms with Gasteiger partial charge in [0.1, 0.15) is 16.6 Å². The Morgan fingerprint density at radius 3 is 2.90 bits per heavy atom. The van der Waals surface area contributed by atoms with Crippen LogP contribution in [-0.2, 0) is 0 Å². The number of oxazole rings is 1. The van der Waals surface area contributed by atoms with Crippen LogP contribution in [0.5, 0.6) is 0 Å². The van der Waals surface area contributed by atoms with E-state index in [0.29, 0.717) is 27.1 Å². The number of hydrogen-bond acceptors (Lipinski definition) is 6. The Labute approximate surface area is 119 Å². The van der Waals surface area contributed by atoms with Gasteiger partial charge in [-0.2, -0.15) is 5.26 Å². The third kappa shape index (κ3) is 2.31. The van der Waals surface area contributed by atoms with Crippen molar-refractivity contribution in [2.24, 2.45) is 0 Å². The molecule has 0 radical (unpaired) electrons. The average molecular weight is 282 g/mol. The van der Waals surface area contributed by atoms with Gasteiger partial charge in [-0.15, -0.1) is 0 Å². The van der Waals surface area contributed by atoms with Gasteiger partial charge < -0.3 is 10.2 Å². The number of fused-ring (bicyclic) bond motifs is 1. The van der Waals surface area contributed by atoms with Crippen LogP contribution < -0.4 is 5.73 Å². The molecule has 6 heteroatoms. The number of benzene rings is 1. The first-order valence-electron chi connectivity index (χ1n) is 5.87. The zero-order chi connectivity index (χ0) is 14.1. The Bertz CT molecular complexity index is 835.